The van der Waals surface area contributed by atoms with Gasteiger partial charge in [-0.2, -0.15) is 13.2 Å². The Morgan fingerprint density at radius 2 is 1.96 bits per heavy atom. The molecule has 8 heteroatoms. The molecule has 5 nitrogen and oxygen atoms in total. The van der Waals surface area contributed by atoms with E-state index in [1.165, 1.54) is 24.5 Å². The number of halogens is 3. The van der Waals surface area contributed by atoms with Crippen molar-refractivity contribution in [3.63, 3.8) is 0 Å². The fourth-order valence-corrected chi connectivity index (χ4v) is 2.30. The summed E-state index contributed by atoms with van der Waals surface area (Å²) in [6.07, 6.45) is -1.42. The van der Waals surface area contributed by atoms with Gasteiger partial charge in [-0.15, -0.1) is 0 Å². The summed E-state index contributed by atoms with van der Waals surface area (Å²) in [6.45, 7) is -1.23. The molecule has 3 aromatic rings. The molecule has 1 aromatic carbocycles. The van der Waals surface area contributed by atoms with Crippen LogP contribution in [0.5, 0.6) is 0 Å². The number of hydrogen-bond donors (Lipinski definition) is 2. The van der Waals surface area contributed by atoms with Crippen molar-refractivity contribution in [2.24, 2.45) is 0 Å². The van der Waals surface area contributed by atoms with E-state index in [2.05, 4.69) is 15.3 Å². The molecule has 2 heterocycles. The van der Waals surface area contributed by atoms with Crippen molar-refractivity contribution in [2.45, 2.75) is 6.18 Å². The number of fused-ring (bicyclic) bond motifs is 3. The Kier molecular flexibility index (Phi) is 3.51. The topological polar surface area (TPSA) is 75.1 Å². The summed E-state index contributed by atoms with van der Waals surface area (Å²) in [5.41, 5.74) is 0.296. The molecular formula is C15H10F3N3O2. The predicted octanol–water partition coefficient (Wildman–Crippen LogP) is 3.46. The maximum Gasteiger partial charge on any atom is 0.405 e. The number of nitrogens with one attached hydrogen (secondary N) is 1. The van der Waals surface area contributed by atoms with Crippen LogP contribution in [-0.2, 0) is 0 Å². The number of pyridine rings is 2. The molecule has 0 fully saturated rings. The van der Waals surface area contributed by atoms with Gasteiger partial charge in [0.25, 0.3) is 0 Å². The van der Waals surface area contributed by atoms with Crippen LogP contribution < -0.4 is 5.32 Å². The normalized spacial score (nSPS) is 11.8. The minimum Gasteiger partial charge on any atom is -0.478 e. The summed E-state index contributed by atoms with van der Waals surface area (Å²) in [5, 5.41) is 13.0. The second-order valence-electron chi connectivity index (χ2n) is 4.89. The van der Waals surface area contributed by atoms with Crippen LogP contribution in [0.4, 0.5) is 19.0 Å². The number of nitrogens with zero attached hydrogens (tertiary/aromatic N) is 2. The van der Waals surface area contributed by atoms with Gasteiger partial charge in [0, 0.05) is 28.6 Å². The Morgan fingerprint density at radius 1 is 1.17 bits per heavy atom. The molecule has 0 radical (unpaired) electrons. The summed E-state index contributed by atoms with van der Waals surface area (Å²) in [7, 11) is 0. The molecule has 3 rings (SSSR count). The van der Waals surface area contributed by atoms with Crippen LogP contribution in [0.15, 0.2) is 36.7 Å². The van der Waals surface area contributed by atoms with E-state index in [1.807, 2.05) is 0 Å². The number of aromatic carboxylic acids is 1. The van der Waals surface area contributed by atoms with Crippen molar-refractivity contribution in [1.29, 1.82) is 0 Å². The van der Waals surface area contributed by atoms with Crippen LogP contribution in [-0.4, -0.2) is 33.8 Å². The van der Waals surface area contributed by atoms with Gasteiger partial charge in [-0.25, -0.2) is 9.78 Å². The number of aromatic nitrogens is 2. The minimum absolute atomic E-state index is 0.00927. The van der Waals surface area contributed by atoms with E-state index in [4.69, 9.17) is 5.11 Å². The first-order chi connectivity index (χ1) is 10.8. The van der Waals surface area contributed by atoms with Gasteiger partial charge < -0.3 is 10.4 Å². The lowest BCUT2D eigenvalue weighted by Crippen LogP contribution is -2.22. The van der Waals surface area contributed by atoms with Crippen LogP contribution in [0, 0.1) is 0 Å². The van der Waals surface area contributed by atoms with Crippen LogP contribution >= 0.6 is 0 Å². The maximum absolute atomic E-state index is 12.4. The summed E-state index contributed by atoms with van der Waals surface area (Å²) in [5.74, 6) is -1.10. The lowest BCUT2D eigenvalue weighted by Gasteiger charge is -2.13. The Morgan fingerprint density at radius 3 is 2.65 bits per heavy atom. The molecule has 2 aromatic heterocycles. The fraction of sp³-hybridized carbons (Fsp3) is 0.133. The zero-order valence-electron chi connectivity index (χ0n) is 11.6. The van der Waals surface area contributed by atoms with E-state index < -0.39 is 18.7 Å². The molecule has 0 unspecified atom stereocenters. The first kappa shape index (κ1) is 15.0. The number of carboxylic acid groups (broad SMARTS) is 1. The zero-order chi connectivity index (χ0) is 16.6. The van der Waals surface area contributed by atoms with Crippen molar-refractivity contribution < 1.29 is 23.1 Å². The molecule has 0 spiro atoms. The summed E-state index contributed by atoms with van der Waals surface area (Å²) in [4.78, 5) is 19.2. The monoisotopic (exact) mass is 321 g/mol. The minimum atomic E-state index is -4.39. The van der Waals surface area contributed by atoms with Crippen molar-refractivity contribution in [3.8, 4) is 0 Å². The second kappa shape index (κ2) is 5.38. The number of rotatable bonds is 3. The van der Waals surface area contributed by atoms with Gasteiger partial charge in [0.05, 0.1) is 11.1 Å². The zero-order valence-corrected chi connectivity index (χ0v) is 11.6. The highest BCUT2D eigenvalue weighted by Crippen LogP contribution is 2.30. The molecule has 0 saturated heterocycles. The SMILES string of the molecule is O=C(O)c1ccc2c(c1)nc(NCC(F)(F)F)c1ccncc12. The van der Waals surface area contributed by atoms with E-state index in [1.54, 1.807) is 12.1 Å². The van der Waals surface area contributed by atoms with E-state index in [-0.39, 0.29) is 16.9 Å². The lowest BCUT2D eigenvalue weighted by atomic mass is 10.1. The number of benzene rings is 1. The lowest BCUT2D eigenvalue weighted by molar-refractivity contribution is -0.115. The smallest absolute Gasteiger partial charge is 0.405 e. The van der Waals surface area contributed by atoms with Crippen LogP contribution in [0.1, 0.15) is 10.4 Å². The van der Waals surface area contributed by atoms with Gasteiger partial charge in [0.1, 0.15) is 12.4 Å². The number of hydrogen-bond acceptors (Lipinski definition) is 4. The largest absolute Gasteiger partial charge is 0.478 e. The Bertz CT molecular complexity index is 909. The second-order valence-corrected chi connectivity index (χ2v) is 4.89. The van der Waals surface area contributed by atoms with Gasteiger partial charge >= 0.3 is 12.1 Å². The highest BCUT2D eigenvalue weighted by molar-refractivity contribution is 6.10. The Hall–Kier alpha value is -2.90. The molecular weight excluding hydrogens is 311 g/mol. The molecule has 0 atom stereocenters. The molecule has 0 aliphatic heterocycles. The van der Waals surface area contributed by atoms with Crippen molar-refractivity contribution in [2.75, 3.05) is 11.9 Å². The molecule has 0 bridgehead atoms. The van der Waals surface area contributed by atoms with Gasteiger partial charge in [0.15, 0.2) is 0 Å². The van der Waals surface area contributed by atoms with Crippen molar-refractivity contribution in [1.82, 2.24) is 9.97 Å². The first-order valence-electron chi connectivity index (χ1n) is 6.56. The summed E-state index contributed by atoms with van der Waals surface area (Å²) >= 11 is 0. The number of anilines is 1. The number of alkyl halides is 3. The predicted molar refractivity (Wildman–Crippen MR) is 78.5 cm³/mol. The summed E-state index contributed by atoms with van der Waals surface area (Å²) in [6, 6.07) is 5.87. The molecule has 0 aliphatic carbocycles. The Balaban J connectivity index is 2.21. The highest BCUT2D eigenvalue weighted by Gasteiger charge is 2.27. The van der Waals surface area contributed by atoms with Crippen molar-refractivity contribution in [3.05, 3.63) is 42.2 Å². The van der Waals surface area contributed by atoms with Gasteiger partial charge in [-0.05, 0) is 18.2 Å². The fourth-order valence-electron chi connectivity index (χ4n) is 2.30. The standard InChI is InChI=1S/C15H10F3N3O2/c16-15(17,18)7-20-13-10-3-4-19-6-11(10)9-2-1-8(14(22)23)5-12(9)21-13/h1-6H,7H2,(H,20,21)(H,22,23). The van der Waals surface area contributed by atoms with E-state index in [9.17, 15) is 18.0 Å². The van der Waals surface area contributed by atoms with E-state index in [0.717, 1.165) is 0 Å². The molecule has 0 saturated carbocycles. The van der Waals surface area contributed by atoms with Crippen LogP contribution in [0.3, 0.4) is 0 Å². The maximum atomic E-state index is 12.4. The quantitative estimate of drug-likeness (QED) is 0.723. The molecule has 0 amide bonds. The average Bonchev–Trinajstić information content (AvgIpc) is 2.51. The molecule has 2 N–H and O–H groups in total. The van der Waals surface area contributed by atoms with E-state index in [0.29, 0.717) is 16.2 Å². The molecule has 23 heavy (non-hydrogen) atoms. The van der Waals surface area contributed by atoms with Crippen LogP contribution in [0.2, 0.25) is 0 Å². The molecule has 0 aliphatic rings. The first-order valence-corrected chi connectivity index (χ1v) is 6.56. The van der Waals surface area contributed by atoms with Gasteiger partial charge in [-0.1, -0.05) is 6.07 Å². The Labute approximate surface area is 127 Å². The number of carboxylic acids is 1. The third-order valence-corrected chi connectivity index (χ3v) is 3.30. The highest BCUT2D eigenvalue weighted by atomic mass is 19.4. The average molecular weight is 321 g/mol. The van der Waals surface area contributed by atoms with Crippen LogP contribution in [0.25, 0.3) is 21.7 Å². The number of carbonyl (C=O) groups is 1. The summed E-state index contributed by atoms with van der Waals surface area (Å²) < 4.78 is 37.3. The third kappa shape index (κ3) is 3.01. The molecule has 118 valence electrons. The third-order valence-electron chi connectivity index (χ3n) is 3.30. The van der Waals surface area contributed by atoms with Gasteiger partial charge in [-0.3, -0.25) is 4.98 Å². The van der Waals surface area contributed by atoms with Crippen molar-refractivity contribution >= 4 is 33.5 Å². The van der Waals surface area contributed by atoms with E-state index >= 15 is 0 Å². The van der Waals surface area contributed by atoms with Gasteiger partial charge in [0.2, 0.25) is 0 Å².